The molecule has 0 saturated heterocycles. The molecule has 26 heavy (non-hydrogen) atoms. The molecule has 0 aliphatic carbocycles. The summed E-state index contributed by atoms with van der Waals surface area (Å²) in [7, 11) is 0. The number of rotatable bonds is 6. The fourth-order valence-electron chi connectivity index (χ4n) is 2.93. The fraction of sp³-hybridized carbons (Fsp3) is 0.286. The molecule has 0 amide bonds. The van der Waals surface area contributed by atoms with Crippen LogP contribution in [0, 0.1) is 11.3 Å². The standard InChI is InChI=1S/C21H23N5/c1-15(2)26-21(24-14-25-26)13-23-16(3)18-7-9-19(10-8-18)20-6-4-5-17(11-20)12-22/h4-11,14-16,23H,13H2,1-3H3/t16-/m0/s1. The molecule has 0 aliphatic rings. The molecule has 0 bridgehead atoms. The summed E-state index contributed by atoms with van der Waals surface area (Å²) in [5.74, 6) is 0.941. The number of hydrogen-bond donors (Lipinski definition) is 1. The number of benzene rings is 2. The van der Waals surface area contributed by atoms with Crippen molar-refractivity contribution in [2.45, 2.75) is 39.4 Å². The highest BCUT2D eigenvalue weighted by Crippen LogP contribution is 2.23. The van der Waals surface area contributed by atoms with Gasteiger partial charge in [0, 0.05) is 12.1 Å². The zero-order valence-corrected chi connectivity index (χ0v) is 15.3. The third-order valence-corrected chi connectivity index (χ3v) is 4.44. The molecule has 1 heterocycles. The van der Waals surface area contributed by atoms with Crippen molar-refractivity contribution in [3.63, 3.8) is 0 Å². The van der Waals surface area contributed by atoms with Gasteiger partial charge >= 0.3 is 0 Å². The van der Waals surface area contributed by atoms with Gasteiger partial charge in [0.2, 0.25) is 0 Å². The maximum absolute atomic E-state index is 9.05. The molecule has 0 spiro atoms. The molecule has 5 nitrogen and oxygen atoms in total. The van der Waals surface area contributed by atoms with Gasteiger partial charge in [0.25, 0.3) is 0 Å². The smallest absolute Gasteiger partial charge is 0.141 e. The quantitative estimate of drug-likeness (QED) is 0.725. The zero-order valence-electron chi connectivity index (χ0n) is 15.3. The second-order valence-electron chi connectivity index (χ2n) is 6.63. The molecular formula is C21H23N5. The lowest BCUT2D eigenvalue weighted by Crippen LogP contribution is -2.21. The first-order chi connectivity index (χ1) is 12.6. The normalized spacial score (nSPS) is 12.1. The fourth-order valence-corrected chi connectivity index (χ4v) is 2.93. The van der Waals surface area contributed by atoms with Gasteiger partial charge in [-0.1, -0.05) is 36.4 Å². The van der Waals surface area contributed by atoms with Gasteiger partial charge in [-0.05, 0) is 49.6 Å². The average molecular weight is 345 g/mol. The molecular weight excluding hydrogens is 322 g/mol. The lowest BCUT2D eigenvalue weighted by atomic mass is 10.00. The van der Waals surface area contributed by atoms with Gasteiger partial charge in [-0.2, -0.15) is 10.4 Å². The summed E-state index contributed by atoms with van der Waals surface area (Å²) in [5, 5.41) is 16.8. The first-order valence-corrected chi connectivity index (χ1v) is 8.80. The Labute approximate surface area is 154 Å². The third-order valence-electron chi connectivity index (χ3n) is 4.44. The predicted molar refractivity (Wildman–Crippen MR) is 102 cm³/mol. The van der Waals surface area contributed by atoms with Crippen LogP contribution in [-0.4, -0.2) is 14.8 Å². The second-order valence-corrected chi connectivity index (χ2v) is 6.63. The van der Waals surface area contributed by atoms with Crippen molar-refractivity contribution in [2.75, 3.05) is 0 Å². The van der Waals surface area contributed by atoms with E-state index in [2.05, 4.69) is 66.5 Å². The number of aromatic nitrogens is 3. The van der Waals surface area contributed by atoms with Crippen LogP contribution in [-0.2, 0) is 6.54 Å². The van der Waals surface area contributed by atoms with E-state index < -0.39 is 0 Å². The molecule has 1 aromatic heterocycles. The van der Waals surface area contributed by atoms with Crippen LogP contribution in [0.4, 0.5) is 0 Å². The number of hydrogen-bond acceptors (Lipinski definition) is 4. The van der Waals surface area contributed by atoms with Crippen LogP contribution in [0.5, 0.6) is 0 Å². The van der Waals surface area contributed by atoms with Crippen molar-refractivity contribution < 1.29 is 0 Å². The van der Waals surface area contributed by atoms with Crippen LogP contribution >= 0.6 is 0 Å². The zero-order chi connectivity index (χ0) is 18.5. The van der Waals surface area contributed by atoms with E-state index in [-0.39, 0.29) is 6.04 Å². The highest BCUT2D eigenvalue weighted by atomic mass is 15.4. The molecule has 0 aliphatic heterocycles. The van der Waals surface area contributed by atoms with Crippen molar-refractivity contribution in [1.29, 1.82) is 5.26 Å². The Balaban J connectivity index is 1.68. The molecule has 0 saturated carbocycles. The highest BCUT2D eigenvalue weighted by Gasteiger charge is 2.10. The lowest BCUT2D eigenvalue weighted by Gasteiger charge is -2.16. The summed E-state index contributed by atoms with van der Waals surface area (Å²) in [6.45, 7) is 7.01. The largest absolute Gasteiger partial charge is 0.303 e. The molecule has 0 radical (unpaired) electrons. The van der Waals surface area contributed by atoms with Crippen LogP contribution in [0.15, 0.2) is 54.9 Å². The lowest BCUT2D eigenvalue weighted by molar-refractivity contribution is 0.473. The third kappa shape index (κ3) is 3.98. The van der Waals surface area contributed by atoms with Crippen molar-refractivity contribution in [2.24, 2.45) is 0 Å². The van der Waals surface area contributed by atoms with E-state index in [4.69, 9.17) is 5.26 Å². The molecule has 132 valence electrons. The highest BCUT2D eigenvalue weighted by molar-refractivity contribution is 5.65. The Bertz CT molecular complexity index is 903. The van der Waals surface area contributed by atoms with E-state index in [9.17, 15) is 0 Å². The maximum atomic E-state index is 9.05. The Hall–Kier alpha value is -2.97. The average Bonchev–Trinajstić information content (AvgIpc) is 3.15. The Morgan fingerprint density at radius 1 is 1.08 bits per heavy atom. The maximum Gasteiger partial charge on any atom is 0.141 e. The monoisotopic (exact) mass is 345 g/mol. The molecule has 0 unspecified atom stereocenters. The predicted octanol–water partition coefficient (Wildman–Crippen LogP) is 4.25. The van der Waals surface area contributed by atoms with Gasteiger partial charge in [0.05, 0.1) is 18.2 Å². The van der Waals surface area contributed by atoms with E-state index in [0.29, 0.717) is 18.2 Å². The van der Waals surface area contributed by atoms with Gasteiger partial charge < -0.3 is 5.32 Å². The summed E-state index contributed by atoms with van der Waals surface area (Å²) in [5.41, 5.74) is 4.05. The Morgan fingerprint density at radius 3 is 2.54 bits per heavy atom. The van der Waals surface area contributed by atoms with Crippen LogP contribution in [0.25, 0.3) is 11.1 Å². The molecule has 3 aromatic rings. The van der Waals surface area contributed by atoms with Crippen LogP contribution in [0.3, 0.4) is 0 Å². The molecule has 1 N–H and O–H groups in total. The number of nitriles is 1. The van der Waals surface area contributed by atoms with Gasteiger partial charge in [-0.25, -0.2) is 9.67 Å². The summed E-state index contributed by atoms with van der Waals surface area (Å²) in [4.78, 5) is 4.34. The summed E-state index contributed by atoms with van der Waals surface area (Å²) >= 11 is 0. The van der Waals surface area contributed by atoms with E-state index in [1.807, 2.05) is 28.9 Å². The topological polar surface area (TPSA) is 66.5 Å². The van der Waals surface area contributed by atoms with Crippen molar-refractivity contribution in [3.8, 4) is 17.2 Å². The van der Waals surface area contributed by atoms with Gasteiger partial charge in [0.15, 0.2) is 0 Å². The number of nitrogens with zero attached hydrogens (tertiary/aromatic N) is 4. The van der Waals surface area contributed by atoms with Gasteiger partial charge in [-0.3, -0.25) is 0 Å². The van der Waals surface area contributed by atoms with E-state index >= 15 is 0 Å². The second kappa shape index (κ2) is 7.94. The van der Waals surface area contributed by atoms with Crippen LogP contribution in [0.1, 0.15) is 49.8 Å². The minimum atomic E-state index is 0.201. The minimum absolute atomic E-state index is 0.201. The van der Waals surface area contributed by atoms with E-state index in [1.165, 1.54) is 5.56 Å². The van der Waals surface area contributed by atoms with Crippen LogP contribution in [0.2, 0.25) is 0 Å². The van der Waals surface area contributed by atoms with Gasteiger partial charge in [-0.15, -0.1) is 0 Å². The minimum Gasteiger partial charge on any atom is -0.303 e. The molecule has 5 heteroatoms. The van der Waals surface area contributed by atoms with E-state index in [1.54, 1.807) is 6.33 Å². The first kappa shape index (κ1) is 17.8. The molecule has 2 aromatic carbocycles. The molecule has 0 fully saturated rings. The van der Waals surface area contributed by atoms with Crippen molar-refractivity contribution in [3.05, 3.63) is 71.8 Å². The molecule has 3 rings (SSSR count). The summed E-state index contributed by atoms with van der Waals surface area (Å²) < 4.78 is 1.94. The first-order valence-electron chi connectivity index (χ1n) is 8.80. The SMILES string of the molecule is CC(C)n1ncnc1CN[C@@H](C)c1ccc(-c2cccc(C#N)c2)cc1. The van der Waals surface area contributed by atoms with Gasteiger partial charge in [0.1, 0.15) is 12.2 Å². The van der Waals surface area contributed by atoms with Crippen molar-refractivity contribution in [1.82, 2.24) is 20.1 Å². The summed E-state index contributed by atoms with van der Waals surface area (Å²) in [6, 6.07) is 18.8. The Kier molecular flexibility index (Phi) is 5.45. The van der Waals surface area contributed by atoms with Crippen molar-refractivity contribution >= 4 is 0 Å². The number of nitrogens with one attached hydrogen (secondary N) is 1. The molecule has 1 atom stereocenters. The van der Waals surface area contributed by atoms with Crippen LogP contribution < -0.4 is 5.32 Å². The summed E-state index contributed by atoms with van der Waals surface area (Å²) in [6.07, 6.45) is 1.60. The Morgan fingerprint density at radius 2 is 1.85 bits per heavy atom. The van der Waals surface area contributed by atoms with E-state index in [0.717, 1.165) is 17.0 Å².